The highest BCUT2D eigenvalue weighted by Crippen LogP contribution is 2.28. The highest BCUT2D eigenvalue weighted by molar-refractivity contribution is 5.83. The molecule has 0 fully saturated rings. The van der Waals surface area contributed by atoms with Gasteiger partial charge in [-0.1, -0.05) is 30.3 Å². The van der Waals surface area contributed by atoms with Gasteiger partial charge in [-0.25, -0.2) is 0 Å². The third-order valence-electron chi connectivity index (χ3n) is 3.15. The summed E-state index contributed by atoms with van der Waals surface area (Å²) in [6.07, 6.45) is 0. The van der Waals surface area contributed by atoms with Crippen molar-refractivity contribution in [2.45, 2.75) is 6.92 Å². The largest absolute Gasteiger partial charge is 0.457 e. The molecule has 0 radical (unpaired) electrons. The fourth-order valence-corrected chi connectivity index (χ4v) is 2.14. The molecule has 0 spiro atoms. The Labute approximate surface area is 112 Å². The van der Waals surface area contributed by atoms with Crippen LogP contribution in [0.15, 0.2) is 60.7 Å². The molecule has 2 N–H and O–H groups in total. The molecular formula is C17H15NO. The molecule has 3 rings (SSSR count). The molecule has 94 valence electrons. The van der Waals surface area contributed by atoms with E-state index < -0.39 is 0 Å². The van der Waals surface area contributed by atoms with Gasteiger partial charge in [0.25, 0.3) is 0 Å². The van der Waals surface area contributed by atoms with Crippen molar-refractivity contribution in [1.82, 2.24) is 0 Å². The van der Waals surface area contributed by atoms with Gasteiger partial charge in [-0.15, -0.1) is 0 Å². The first-order valence-electron chi connectivity index (χ1n) is 6.25. The molecule has 0 heterocycles. The van der Waals surface area contributed by atoms with E-state index in [9.17, 15) is 0 Å². The van der Waals surface area contributed by atoms with E-state index in [-0.39, 0.29) is 0 Å². The minimum Gasteiger partial charge on any atom is -0.457 e. The fourth-order valence-electron chi connectivity index (χ4n) is 2.14. The third kappa shape index (κ3) is 2.38. The van der Waals surface area contributed by atoms with E-state index >= 15 is 0 Å². The summed E-state index contributed by atoms with van der Waals surface area (Å²) in [7, 11) is 0. The van der Waals surface area contributed by atoms with Gasteiger partial charge < -0.3 is 10.5 Å². The molecule has 3 aromatic carbocycles. The van der Waals surface area contributed by atoms with Crippen LogP contribution >= 0.6 is 0 Å². The molecule has 0 aliphatic rings. The standard InChI is InChI=1S/C17H15NO/c1-12-10-15(18)7-9-17(12)19-16-8-6-13-4-2-3-5-14(13)11-16/h2-11H,18H2,1H3. The lowest BCUT2D eigenvalue weighted by Gasteiger charge is -2.10. The van der Waals surface area contributed by atoms with Crippen molar-refractivity contribution in [2.75, 3.05) is 5.73 Å². The van der Waals surface area contributed by atoms with Crippen molar-refractivity contribution >= 4 is 16.5 Å². The molecule has 0 amide bonds. The van der Waals surface area contributed by atoms with Crippen LogP contribution in [0, 0.1) is 6.92 Å². The van der Waals surface area contributed by atoms with Crippen LogP contribution in [0.3, 0.4) is 0 Å². The lowest BCUT2D eigenvalue weighted by molar-refractivity contribution is 0.480. The molecule has 19 heavy (non-hydrogen) atoms. The van der Waals surface area contributed by atoms with Crippen LogP contribution in [0.4, 0.5) is 5.69 Å². The summed E-state index contributed by atoms with van der Waals surface area (Å²) in [6, 6.07) is 20.0. The number of anilines is 1. The van der Waals surface area contributed by atoms with Crippen LogP contribution in [0.2, 0.25) is 0 Å². The molecule has 0 atom stereocenters. The minimum atomic E-state index is 0.753. The van der Waals surface area contributed by atoms with E-state index in [2.05, 4.69) is 18.2 Å². The average Bonchev–Trinajstić information content (AvgIpc) is 2.42. The van der Waals surface area contributed by atoms with Gasteiger partial charge in [0.1, 0.15) is 11.5 Å². The number of nitrogens with two attached hydrogens (primary N) is 1. The number of ether oxygens (including phenoxy) is 1. The Hall–Kier alpha value is -2.48. The number of hydrogen-bond donors (Lipinski definition) is 1. The predicted molar refractivity (Wildman–Crippen MR) is 79.6 cm³/mol. The van der Waals surface area contributed by atoms with Gasteiger partial charge in [0.2, 0.25) is 0 Å². The first-order valence-corrected chi connectivity index (χ1v) is 6.25. The summed E-state index contributed by atoms with van der Waals surface area (Å²) in [5, 5.41) is 2.39. The van der Waals surface area contributed by atoms with Crippen LogP contribution in [-0.4, -0.2) is 0 Å². The first kappa shape index (κ1) is 11.6. The Morgan fingerprint density at radius 3 is 2.42 bits per heavy atom. The lowest BCUT2D eigenvalue weighted by Crippen LogP contribution is -1.90. The SMILES string of the molecule is Cc1cc(N)ccc1Oc1ccc2ccccc2c1. The Bertz CT molecular complexity index is 734. The maximum Gasteiger partial charge on any atom is 0.130 e. The van der Waals surface area contributed by atoms with Gasteiger partial charge in [-0.2, -0.15) is 0 Å². The molecule has 3 aromatic rings. The highest BCUT2D eigenvalue weighted by atomic mass is 16.5. The number of rotatable bonds is 2. The molecular weight excluding hydrogens is 234 g/mol. The van der Waals surface area contributed by atoms with E-state index in [0.717, 1.165) is 22.7 Å². The molecule has 0 bridgehead atoms. The topological polar surface area (TPSA) is 35.2 Å². The molecule has 0 aliphatic carbocycles. The van der Waals surface area contributed by atoms with E-state index in [1.807, 2.05) is 49.4 Å². The minimum absolute atomic E-state index is 0.753. The van der Waals surface area contributed by atoms with E-state index in [4.69, 9.17) is 10.5 Å². The second-order valence-corrected chi connectivity index (χ2v) is 4.64. The number of hydrogen-bond acceptors (Lipinski definition) is 2. The number of aryl methyl sites for hydroxylation is 1. The van der Waals surface area contributed by atoms with Gasteiger partial charge >= 0.3 is 0 Å². The van der Waals surface area contributed by atoms with Crippen LogP contribution in [0.1, 0.15) is 5.56 Å². The van der Waals surface area contributed by atoms with Crippen LogP contribution in [0.5, 0.6) is 11.5 Å². The maximum atomic E-state index is 5.92. The normalized spacial score (nSPS) is 10.6. The van der Waals surface area contributed by atoms with Gasteiger partial charge in [0, 0.05) is 5.69 Å². The van der Waals surface area contributed by atoms with Crippen molar-refractivity contribution in [3.05, 3.63) is 66.2 Å². The van der Waals surface area contributed by atoms with E-state index in [1.165, 1.54) is 10.8 Å². The summed E-state index contributed by atoms with van der Waals surface area (Å²) < 4.78 is 5.92. The second kappa shape index (κ2) is 4.65. The van der Waals surface area contributed by atoms with Crippen LogP contribution in [-0.2, 0) is 0 Å². The summed E-state index contributed by atoms with van der Waals surface area (Å²) in [5.74, 6) is 1.68. The summed E-state index contributed by atoms with van der Waals surface area (Å²) in [5.41, 5.74) is 7.53. The Kier molecular flexibility index (Phi) is 2.84. The summed E-state index contributed by atoms with van der Waals surface area (Å²) >= 11 is 0. The van der Waals surface area contributed by atoms with Crippen LogP contribution in [0.25, 0.3) is 10.8 Å². The van der Waals surface area contributed by atoms with Gasteiger partial charge in [-0.3, -0.25) is 0 Å². The zero-order valence-electron chi connectivity index (χ0n) is 10.8. The highest BCUT2D eigenvalue weighted by Gasteiger charge is 2.02. The van der Waals surface area contributed by atoms with Gasteiger partial charge in [-0.05, 0) is 53.6 Å². The van der Waals surface area contributed by atoms with E-state index in [1.54, 1.807) is 0 Å². The second-order valence-electron chi connectivity index (χ2n) is 4.64. The van der Waals surface area contributed by atoms with Crippen molar-refractivity contribution in [3.8, 4) is 11.5 Å². The van der Waals surface area contributed by atoms with E-state index in [0.29, 0.717) is 0 Å². The quantitative estimate of drug-likeness (QED) is 0.677. The van der Waals surface area contributed by atoms with Crippen LogP contribution < -0.4 is 10.5 Å². The molecule has 2 heteroatoms. The molecule has 0 saturated heterocycles. The van der Waals surface area contributed by atoms with Crippen molar-refractivity contribution in [1.29, 1.82) is 0 Å². The summed E-state index contributed by atoms with van der Waals surface area (Å²) in [4.78, 5) is 0. The predicted octanol–water partition coefficient (Wildman–Crippen LogP) is 4.52. The smallest absolute Gasteiger partial charge is 0.130 e. The lowest BCUT2D eigenvalue weighted by atomic mass is 10.1. The third-order valence-corrected chi connectivity index (χ3v) is 3.15. The van der Waals surface area contributed by atoms with Gasteiger partial charge in [0.15, 0.2) is 0 Å². The van der Waals surface area contributed by atoms with Crippen molar-refractivity contribution < 1.29 is 4.74 Å². The number of nitrogen functional groups attached to an aromatic ring is 1. The maximum absolute atomic E-state index is 5.92. The fraction of sp³-hybridized carbons (Fsp3) is 0.0588. The summed E-state index contributed by atoms with van der Waals surface area (Å²) in [6.45, 7) is 1.99. The zero-order chi connectivity index (χ0) is 13.2. The average molecular weight is 249 g/mol. The molecule has 2 nitrogen and oxygen atoms in total. The number of benzene rings is 3. The number of fused-ring (bicyclic) bond motifs is 1. The molecule has 0 aliphatic heterocycles. The molecule has 0 saturated carbocycles. The Morgan fingerprint density at radius 1 is 0.842 bits per heavy atom. The first-order chi connectivity index (χ1) is 9.22. The van der Waals surface area contributed by atoms with Crippen molar-refractivity contribution in [2.24, 2.45) is 0 Å². The zero-order valence-corrected chi connectivity index (χ0v) is 10.8. The molecule has 0 unspecified atom stereocenters. The molecule has 0 aromatic heterocycles. The Balaban J connectivity index is 1.96. The monoisotopic (exact) mass is 249 g/mol. The van der Waals surface area contributed by atoms with Crippen molar-refractivity contribution in [3.63, 3.8) is 0 Å². The van der Waals surface area contributed by atoms with Gasteiger partial charge in [0.05, 0.1) is 0 Å². The Morgan fingerprint density at radius 2 is 1.63 bits per heavy atom.